The van der Waals surface area contributed by atoms with Crippen molar-refractivity contribution < 1.29 is 18.4 Å². The van der Waals surface area contributed by atoms with Crippen molar-refractivity contribution in [3.05, 3.63) is 65.0 Å². The van der Waals surface area contributed by atoms with Crippen LogP contribution in [0.4, 0.5) is 10.1 Å². The van der Waals surface area contributed by atoms with Crippen LogP contribution in [0.2, 0.25) is 0 Å². The van der Waals surface area contributed by atoms with Gasteiger partial charge in [-0.1, -0.05) is 0 Å². The van der Waals surface area contributed by atoms with Crippen molar-refractivity contribution in [2.45, 2.75) is 6.92 Å². The number of rotatable bonds is 6. The van der Waals surface area contributed by atoms with Crippen LogP contribution in [0.25, 0.3) is 5.69 Å². The maximum absolute atomic E-state index is 14.3. The lowest BCUT2D eigenvalue weighted by Crippen LogP contribution is -2.23. The summed E-state index contributed by atoms with van der Waals surface area (Å²) < 4.78 is 21.2. The van der Waals surface area contributed by atoms with Gasteiger partial charge in [0.05, 0.1) is 22.1 Å². The summed E-state index contributed by atoms with van der Waals surface area (Å²) in [4.78, 5) is 24.1. The van der Waals surface area contributed by atoms with Gasteiger partial charge in [-0.15, -0.1) is 0 Å². The van der Waals surface area contributed by atoms with Gasteiger partial charge < -0.3 is 4.42 Å². The van der Waals surface area contributed by atoms with Gasteiger partial charge in [-0.05, 0) is 40.2 Å². The molecule has 0 fully saturated rings. The molecule has 0 unspecified atom stereocenters. The van der Waals surface area contributed by atoms with Crippen LogP contribution in [-0.4, -0.2) is 27.1 Å². The van der Waals surface area contributed by atoms with Gasteiger partial charge in [-0.25, -0.2) is 9.07 Å². The van der Waals surface area contributed by atoms with E-state index in [2.05, 4.69) is 31.6 Å². The van der Waals surface area contributed by atoms with Crippen LogP contribution in [-0.2, 0) is 4.79 Å². The summed E-state index contributed by atoms with van der Waals surface area (Å²) in [6.07, 6.45) is 4.55. The number of anilines is 1. The summed E-state index contributed by atoms with van der Waals surface area (Å²) in [6.45, 7) is 1.19. The van der Waals surface area contributed by atoms with Crippen LogP contribution in [0.1, 0.15) is 17.5 Å². The minimum absolute atomic E-state index is 0.00552. The highest BCUT2D eigenvalue weighted by Crippen LogP contribution is 2.20. The molecule has 0 amide bonds. The van der Waals surface area contributed by atoms with Gasteiger partial charge >= 0.3 is 0 Å². The topological polar surface area (TPSA) is 89.5 Å². The zero-order valence-corrected chi connectivity index (χ0v) is 15.0. The number of hydrogen-bond acceptors (Lipinski definition) is 6. The Morgan fingerprint density at radius 3 is 2.73 bits per heavy atom. The van der Waals surface area contributed by atoms with Gasteiger partial charge in [-0.2, -0.15) is 10.2 Å². The van der Waals surface area contributed by atoms with E-state index in [0.29, 0.717) is 10.2 Å². The molecule has 3 rings (SSSR count). The lowest BCUT2D eigenvalue weighted by molar-refractivity contribution is -0.111. The number of carbonyl (C=O) groups excluding carboxylic acids is 2. The summed E-state index contributed by atoms with van der Waals surface area (Å²) in [5, 5.41) is 7.78. The van der Waals surface area contributed by atoms with E-state index in [0.717, 1.165) is 0 Å². The van der Waals surface area contributed by atoms with Crippen molar-refractivity contribution in [1.29, 1.82) is 0 Å². The summed E-state index contributed by atoms with van der Waals surface area (Å²) >= 11 is 3.15. The minimum atomic E-state index is -0.713. The fraction of sp³-hybridized carbons (Fsp3) is 0.0588. The van der Waals surface area contributed by atoms with E-state index in [4.69, 9.17) is 4.42 Å². The molecule has 2 aromatic heterocycles. The number of furan rings is 1. The second-order valence-electron chi connectivity index (χ2n) is 5.17. The summed E-state index contributed by atoms with van der Waals surface area (Å²) in [6, 6.07) is 7.54. The SMILES string of the molecule is CC(=O)C(=NNc1ccc(-n2cccn2)cc1F)C(=O)c1occc1Br. The quantitative estimate of drug-likeness (QED) is 0.285. The van der Waals surface area contributed by atoms with Gasteiger partial charge in [0.25, 0.3) is 5.78 Å². The normalized spacial score (nSPS) is 11.4. The summed E-state index contributed by atoms with van der Waals surface area (Å²) in [5.74, 6) is -1.97. The fourth-order valence-electron chi connectivity index (χ4n) is 2.13. The second kappa shape index (κ2) is 7.44. The van der Waals surface area contributed by atoms with E-state index in [9.17, 15) is 14.0 Å². The molecule has 0 atom stereocenters. The van der Waals surface area contributed by atoms with E-state index in [1.54, 1.807) is 24.5 Å². The monoisotopic (exact) mass is 418 g/mol. The summed E-state index contributed by atoms with van der Waals surface area (Å²) in [5.41, 5.74) is 2.53. The van der Waals surface area contributed by atoms with E-state index in [1.165, 1.54) is 36.1 Å². The zero-order chi connectivity index (χ0) is 18.7. The number of carbonyl (C=O) groups is 2. The van der Waals surface area contributed by atoms with Crippen LogP contribution < -0.4 is 5.43 Å². The average Bonchev–Trinajstić information content (AvgIpc) is 3.27. The van der Waals surface area contributed by atoms with Crippen molar-refractivity contribution in [2.75, 3.05) is 5.43 Å². The molecule has 1 N–H and O–H groups in total. The average molecular weight is 419 g/mol. The molecule has 0 bridgehead atoms. The molecule has 2 heterocycles. The van der Waals surface area contributed by atoms with Crippen LogP contribution in [0.15, 0.2) is 63.0 Å². The zero-order valence-electron chi connectivity index (χ0n) is 13.4. The van der Waals surface area contributed by atoms with Gasteiger partial charge in [0, 0.05) is 25.4 Å². The van der Waals surface area contributed by atoms with Crippen LogP contribution in [0.3, 0.4) is 0 Å². The summed E-state index contributed by atoms with van der Waals surface area (Å²) in [7, 11) is 0. The van der Waals surface area contributed by atoms with E-state index < -0.39 is 23.1 Å². The number of halogens is 2. The highest BCUT2D eigenvalue weighted by molar-refractivity contribution is 9.10. The highest BCUT2D eigenvalue weighted by atomic mass is 79.9. The van der Waals surface area contributed by atoms with Crippen molar-refractivity contribution in [3.8, 4) is 5.69 Å². The third kappa shape index (κ3) is 3.62. The highest BCUT2D eigenvalue weighted by Gasteiger charge is 2.24. The Morgan fingerprint density at radius 1 is 1.35 bits per heavy atom. The molecule has 0 radical (unpaired) electrons. The molecular weight excluding hydrogens is 407 g/mol. The predicted molar refractivity (Wildman–Crippen MR) is 96.0 cm³/mol. The smallest absolute Gasteiger partial charge is 0.253 e. The number of Topliss-reactive ketones (excluding diaryl/α,β-unsaturated/α-hetero) is 2. The molecule has 7 nitrogen and oxygen atoms in total. The Balaban J connectivity index is 1.85. The second-order valence-corrected chi connectivity index (χ2v) is 6.02. The molecule has 0 saturated heterocycles. The molecular formula is C17H12BrFN4O3. The number of nitrogens with one attached hydrogen (secondary N) is 1. The van der Waals surface area contributed by atoms with Gasteiger partial charge in [0.15, 0.2) is 17.3 Å². The molecule has 0 aliphatic heterocycles. The van der Waals surface area contributed by atoms with Crippen molar-refractivity contribution in [1.82, 2.24) is 9.78 Å². The Labute approximate surface area is 155 Å². The Bertz CT molecular complexity index is 995. The number of hydrazone groups is 1. The number of nitrogens with zero attached hydrogens (tertiary/aromatic N) is 3. The molecule has 3 aromatic rings. The molecule has 9 heteroatoms. The first-order chi connectivity index (χ1) is 12.5. The van der Waals surface area contributed by atoms with Crippen LogP contribution >= 0.6 is 15.9 Å². The lowest BCUT2D eigenvalue weighted by Gasteiger charge is -2.07. The van der Waals surface area contributed by atoms with Gasteiger partial charge in [-0.3, -0.25) is 15.0 Å². The third-order valence-electron chi connectivity index (χ3n) is 3.38. The molecule has 1 aromatic carbocycles. The molecule has 0 saturated carbocycles. The van der Waals surface area contributed by atoms with Crippen LogP contribution in [0.5, 0.6) is 0 Å². The minimum Gasteiger partial charge on any atom is -0.460 e. The Kier molecular flexibility index (Phi) is 5.08. The molecule has 0 aliphatic rings. The molecule has 132 valence electrons. The maximum Gasteiger partial charge on any atom is 0.253 e. The van der Waals surface area contributed by atoms with Gasteiger partial charge in [0.1, 0.15) is 5.82 Å². The number of hydrogen-bond donors (Lipinski definition) is 1. The lowest BCUT2D eigenvalue weighted by atomic mass is 10.1. The first-order valence-electron chi connectivity index (χ1n) is 7.39. The molecule has 26 heavy (non-hydrogen) atoms. The number of benzene rings is 1. The van der Waals surface area contributed by atoms with Crippen molar-refractivity contribution in [3.63, 3.8) is 0 Å². The number of ketones is 2. The van der Waals surface area contributed by atoms with E-state index >= 15 is 0 Å². The first kappa shape index (κ1) is 17.7. The Hall–Kier alpha value is -3.07. The third-order valence-corrected chi connectivity index (χ3v) is 4.01. The van der Waals surface area contributed by atoms with Crippen molar-refractivity contribution >= 4 is 38.9 Å². The molecule has 0 spiro atoms. The largest absolute Gasteiger partial charge is 0.460 e. The Morgan fingerprint density at radius 2 is 2.15 bits per heavy atom. The standard InChI is InChI=1S/C17H12BrFN4O3/c1-10(24)15(16(25)17-12(18)5-8-26-17)22-21-14-4-3-11(9-13(14)19)23-7-2-6-20-23/h2-9,21H,1H3. The van der Waals surface area contributed by atoms with Crippen LogP contribution in [0, 0.1) is 5.82 Å². The maximum atomic E-state index is 14.3. The van der Waals surface area contributed by atoms with Crippen molar-refractivity contribution in [2.24, 2.45) is 5.10 Å². The predicted octanol–water partition coefficient (Wildman–Crippen LogP) is 3.61. The van der Waals surface area contributed by atoms with E-state index in [-0.39, 0.29) is 11.4 Å². The number of aromatic nitrogens is 2. The fourth-order valence-corrected chi connectivity index (χ4v) is 2.51. The van der Waals surface area contributed by atoms with Gasteiger partial charge in [0.2, 0.25) is 0 Å². The molecule has 0 aliphatic carbocycles. The van der Waals surface area contributed by atoms with E-state index in [1.807, 2.05) is 0 Å². The first-order valence-corrected chi connectivity index (χ1v) is 8.18.